The molecule has 3 unspecified atom stereocenters. The monoisotopic (exact) mass is 223 g/mol. The maximum atomic E-state index is 9.18. The molecule has 3 heteroatoms. The minimum atomic E-state index is 0.215. The number of hydrogen-bond acceptors (Lipinski definition) is 3. The lowest BCUT2D eigenvalue weighted by Gasteiger charge is -2.27. The number of nitriles is 1. The van der Waals surface area contributed by atoms with Crippen LogP contribution in [0.5, 0.6) is 0 Å². The summed E-state index contributed by atoms with van der Waals surface area (Å²) < 4.78 is 0. The largest absolute Gasteiger partial charge is 0.309 e. The van der Waals surface area contributed by atoms with Gasteiger partial charge in [0, 0.05) is 18.6 Å². The molecule has 16 heavy (non-hydrogen) atoms. The average Bonchev–Trinajstić information content (AvgIpc) is 2.41. The van der Waals surface area contributed by atoms with E-state index in [9.17, 15) is 5.26 Å². The van der Waals surface area contributed by atoms with Crippen molar-refractivity contribution in [3.63, 3.8) is 0 Å². The molecule has 92 valence electrons. The van der Waals surface area contributed by atoms with Crippen LogP contribution in [0.4, 0.5) is 0 Å². The molecule has 3 nitrogen and oxygen atoms in total. The second-order valence-corrected chi connectivity index (χ2v) is 5.31. The molecular formula is C13H25N3. The van der Waals surface area contributed by atoms with Gasteiger partial charge in [0.15, 0.2) is 0 Å². The van der Waals surface area contributed by atoms with Crippen LogP contribution in [0.1, 0.15) is 39.0 Å². The lowest BCUT2D eigenvalue weighted by atomic mass is 9.95. The number of nitrogens with one attached hydrogen (secondary N) is 1. The van der Waals surface area contributed by atoms with Gasteiger partial charge in [-0.05, 0) is 33.9 Å². The zero-order valence-corrected chi connectivity index (χ0v) is 10.9. The molecule has 3 atom stereocenters. The Labute approximate surface area is 99.8 Å². The molecule has 0 amide bonds. The van der Waals surface area contributed by atoms with Crippen molar-refractivity contribution in [2.24, 2.45) is 5.92 Å². The van der Waals surface area contributed by atoms with Gasteiger partial charge in [0.1, 0.15) is 0 Å². The van der Waals surface area contributed by atoms with Gasteiger partial charge in [-0.25, -0.2) is 0 Å². The third-order valence-corrected chi connectivity index (χ3v) is 3.32. The van der Waals surface area contributed by atoms with E-state index in [-0.39, 0.29) is 5.92 Å². The first kappa shape index (κ1) is 13.5. The van der Waals surface area contributed by atoms with Crippen LogP contribution < -0.4 is 5.32 Å². The first-order chi connectivity index (χ1) is 7.63. The molecule has 0 aromatic carbocycles. The van der Waals surface area contributed by atoms with E-state index in [0.717, 1.165) is 19.4 Å². The van der Waals surface area contributed by atoms with E-state index in [1.165, 1.54) is 19.3 Å². The lowest BCUT2D eigenvalue weighted by molar-refractivity contribution is 0.298. The van der Waals surface area contributed by atoms with Crippen molar-refractivity contribution in [3.8, 4) is 6.07 Å². The highest BCUT2D eigenvalue weighted by molar-refractivity contribution is 4.94. The van der Waals surface area contributed by atoms with Gasteiger partial charge in [0.2, 0.25) is 0 Å². The Bertz CT molecular complexity index is 232. The van der Waals surface area contributed by atoms with Crippen molar-refractivity contribution in [2.75, 3.05) is 20.6 Å². The molecule has 1 rings (SSSR count). The molecule has 0 bridgehead atoms. The van der Waals surface area contributed by atoms with Crippen LogP contribution in [0.25, 0.3) is 0 Å². The molecule has 1 aliphatic rings. The standard InChI is InChI=1S/C13H25N3/c1-11(10-16(2)3)15-13-8-6-4-5-7-12(13)9-14/h11-13,15H,4-8,10H2,1-3H3. The van der Waals surface area contributed by atoms with Crippen LogP contribution in [-0.2, 0) is 0 Å². The topological polar surface area (TPSA) is 39.1 Å². The highest BCUT2D eigenvalue weighted by Gasteiger charge is 2.24. The van der Waals surface area contributed by atoms with Crippen molar-refractivity contribution in [3.05, 3.63) is 0 Å². The molecule has 0 heterocycles. The molecule has 1 N–H and O–H groups in total. The van der Waals surface area contributed by atoms with E-state index in [4.69, 9.17) is 0 Å². The zero-order valence-electron chi connectivity index (χ0n) is 10.9. The summed E-state index contributed by atoms with van der Waals surface area (Å²) in [5.74, 6) is 0.215. The fraction of sp³-hybridized carbons (Fsp3) is 0.923. The Kier molecular flexibility index (Phi) is 5.79. The van der Waals surface area contributed by atoms with E-state index >= 15 is 0 Å². The molecule has 0 saturated heterocycles. The maximum absolute atomic E-state index is 9.18. The third kappa shape index (κ3) is 4.51. The highest BCUT2D eigenvalue weighted by atomic mass is 15.1. The number of rotatable bonds is 4. The normalized spacial score (nSPS) is 28.4. The van der Waals surface area contributed by atoms with Crippen molar-refractivity contribution in [1.29, 1.82) is 5.26 Å². The van der Waals surface area contributed by atoms with Crippen LogP contribution in [0.15, 0.2) is 0 Å². The average molecular weight is 223 g/mol. The minimum absolute atomic E-state index is 0.215. The summed E-state index contributed by atoms with van der Waals surface area (Å²) in [6.45, 7) is 3.24. The number of nitrogens with zero attached hydrogens (tertiary/aromatic N) is 2. The van der Waals surface area contributed by atoms with Gasteiger partial charge in [-0.3, -0.25) is 0 Å². The van der Waals surface area contributed by atoms with Gasteiger partial charge in [-0.15, -0.1) is 0 Å². The van der Waals surface area contributed by atoms with E-state index in [1.807, 2.05) is 0 Å². The minimum Gasteiger partial charge on any atom is -0.309 e. The lowest BCUT2D eigenvalue weighted by Crippen LogP contribution is -2.45. The van der Waals surface area contributed by atoms with E-state index in [1.54, 1.807) is 0 Å². The van der Waals surface area contributed by atoms with E-state index in [0.29, 0.717) is 12.1 Å². The fourth-order valence-corrected chi connectivity index (χ4v) is 2.63. The molecule has 0 radical (unpaired) electrons. The van der Waals surface area contributed by atoms with Gasteiger partial charge in [0.05, 0.1) is 12.0 Å². The maximum Gasteiger partial charge on any atom is 0.0672 e. The molecule has 0 aliphatic heterocycles. The fourth-order valence-electron chi connectivity index (χ4n) is 2.63. The first-order valence-electron chi connectivity index (χ1n) is 6.44. The molecule has 0 aromatic heterocycles. The van der Waals surface area contributed by atoms with Crippen molar-refractivity contribution in [2.45, 2.75) is 51.1 Å². The summed E-state index contributed by atoms with van der Waals surface area (Å²) in [4.78, 5) is 2.19. The Morgan fingerprint density at radius 3 is 2.62 bits per heavy atom. The molecule has 1 saturated carbocycles. The predicted molar refractivity (Wildman–Crippen MR) is 67.1 cm³/mol. The summed E-state index contributed by atoms with van der Waals surface area (Å²) in [6, 6.07) is 3.35. The highest BCUT2D eigenvalue weighted by Crippen LogP contribution is 2.23. The van der Waals surface area contributed by atoms with Crippen molar-refractivity contribution in [1.82, 2.24) is 10.2 Å². The van der Waals surface area contributed by atoms with E-state index < -0.39 is 0 Å². The summed E-state index contributed by atoms with van der Waals surface area (Å²) in [6.07, 6.45) is 6.01. The van der Waals surface area contributed by atoms with Crippen molar-refractivity contribution < 1.29 is 0 Å². The van der Waals surface area contributed by atoms with Gasteiger partial charge in [-0.1, -0.05) is 19.3 Å². The second-order valence-electron chi connectivity index (χ2n) is 5.31. The van der Waals surface area contributed by atoms with Crippen LogP contribution in [0.2, 0.25) is 0 Å². The van der Waals surface area contributed by atoms with Crippen molar-refractivity contribution >= 4 is 0 Å². The molecule has 1 aliphatic carbocycles. The molecule has 1 fully saturated rings. The van der Waals surface area contributed by atoms with Gasteiger partial charge >= 0.3 is 0 Å². The summed E-state index contributed by atoms with van der Waals surface area (Å²) in [5.41, 5.74) is 0. The third-order valence-electron chi connectivity index (χ3n) is 3.32. The van der Waals surface area contributed by atoms with Gasteiger partial charge in [-0.2, -0.15) is 5.26 Å². The molecule has 0 aromatic rings. The van der Waals surface area contributed by atoms with Gasteiger partial charge < -0.3 is 10.2 Å². The van der Waals surface area contributed by atoms with Gasteiger partial charge in [0.25, 0.3) is 0 Å². The van der Waals surface area contributed by atoms with Crippen LogP contribution in [-0.4, -0.2) is 37.6 Å². The van der Waals surface area contributed by atoms with Crippen LogP contribution in [0, 0.1) is 17.2 Å². The van der Waals surface area contributed by atoms with Crippen LogP contribution in [0.3, 0.4) is 0 Å². The Balaban J connectivity index is 2.45. The quantitative estimate of drug-likeness (QED) is 0.741. The molecule has 0 spiro atoms. The first-order valence-corrected chi connectivity index (χ1v) is 6.44. The SMILES string of the molecule is CC(CN(C)C)NC1CCCCCC1C#N. The number of likely N-dealkylation sites (N-methyl/N-ethyl adjacent to an activating group) is 1. The Hall–Kier alpha value is -0.590. The summed E-state index contributed by atoms with van der Waals surface area (Å²) in [7, 11) is 4.18. The Morgan fingerprint density at radius 1 is 1.31 bits per heavy atom. The predicted octanol–water partition coefficient (Wildman–Crippen LogP) is 2.00. The zero-order chi connectivity index (χ0) is 12.0. The Morgan fingerprint density at radius 2 is 2.00 bits per heavy atom. The molecular weight excluding hydrogens is 198 g/mol. The summed E-state index contributed by atoms with van der Waals surface area (Å²) >= 11 is 0. The summed E-state index contributed by atoms with van der Waals surface area (Å²) in [5, 5.41) is 12.8. The number of hydrogen-bond donors (Lipinski definition) is 1. The second kappa shape index (κ2) is 6.88. The smallest absolute Gasteiger partial charge is 0.0672 e. The van der Waals surface area contributed by atoms with E-state index in [2.05, 4.69) is 37.3 Å². The van der Waals surface area contributed by atoms with Crippen LogP contribution >= 0.6 is 0 Å².